The molecule has 1 N–H and O–H groups in total. The van der Waals surface area contributed by atoms with Gasteiger partial charge in [-0.1, -0.05) is 6.92 Å². The number of rotatable bonds is 5. The van der Waals surface area contributed by atoms with Crippen molar-refractivity contribution in [2.24, 2.45) is 5.92 Å². The summed E-state index contributed by atoms with van der Waals surface area (Å²) < 4.78 is 0. The number of alkyl halides is 1. The van der Waals surface area contributed by atoms with Gasteiger partial charge in [-0.15, -0.1) is 11.6 Å². The van der Waals surface area contributed by atoms with Gasteiger partial charge in [0.05, 0.1) is 11.8 Å². The van der Waals surface area contributed by atoms with E-state index >= 15 is 0 Å². The lowest BCUT2D eigenvalue weighted by molar-refractivity contribution is -0.152. The van der Waals surface area contributed by atoms with Crippen LogP contribution in [0.15, 0.2) is 0 Å². The Morgan fingerprint density at radius 2 is 1.92 bits per heavy atom. The van der Waals surface area contributed by atoms with Crippen molar-refractivity contribution in [2.75, 3.05) is 5.88 Å². The molecule has 68 valence electrons. The quantitative estimate of drug-likeness (QED) is 0.391. The summed E-state index contributed by atoms with van der Waals surface area (Å²) in [6.07, 6.45) is 0.177. The van der Waals surface area contributed by atoms with E-state index < -0.39 is 23.5 Å². The first-order valence-corrected chi connectivity index (χ1v) is 3.93. The van der Waals surface area contributed by atoms with E-state index in [1.54, 1.807) is 6.92 Å². The van der Waals surface area contributed by atoms with Crippen LogP contribution in [0.3, 0.4) is 0 Å². The number of carbonyl (C=O) groups is 3. The van der Waals surface area contributed by atoms with Crippen molar-refractivity contribution >= 4 is 29.1 Å². The van der Waals surface area contributed by atoms with Crippen LogP contribution >= 0.6 is 11.6 Å². The zero-order chi connectivity index (χ0) is 9.72. The van der Waals surface area contributed by atoms with E-state index in [0.717, 1.165) is 0 Å². The summed E-state index contributed by atoms with van der Waals surface area (Å²) in [5.41, 5.74) is 0. The van der Waals surface area contributed by atoms with E-state index in [1.165, 1.54) is 0 Å². The Morgan fingerprint density at radius 3 is 2.17 bits per heavy atom. The molecule has 0 radical (unpaired) electrons. The number of ketones is 2. The molecule has 0 aromatic carbocycles. The number of carboxylic acids is 1. The number of hydrogen-bond donors (Lipinski definition) is 1. The maximum atomic E-state index is 10.9. The maximum absolute atomic E-state index is 10.9. The Hall–Kier alpha value is -0.900. The Kier molecular flexibility index (Phi) is 4.51. The summed E-state index contributed by atoms with van der Waals surface area (Å²) in [6.45, 7) is 1.57. The highest BCUT2D eigenvalue weighted by Crippen LogP contribution is 2.07. The van der Waals surface area contributed by atoms with E-state index in [-0.39, 0.29) is 12.3 Å². The van der Waals surface area contributed by atoms with Crippen LogP contribution in [0.1, 0.15) is 13.3 Å². The standard InChI is InChI=1S/C7H9ClO4/c1-2-4(5(9)3-8)6(10)7(11)12/h4H,2-3H2,1H3,(H,11,12). The van der Waals surface area contributed by atoms with Crippen molar-refractivity contribution in [3.63, 3.8) is 0 Å². The summed E-state index contributed by atoms with van der Waals surface area (Å²) in [4.78, 5) is 31.8. The van der Waals surface area contributed by atoms with Gasteiger partial charge in [-0.25, -0.2) is 4.79 Å². The van der Waals surface area contributed by atoms with Gasteiger partial charge >= 0.3 is 5.97 Å². The molecule has 0 heterocycles. The van der Waals surface area contributed by atoms with Crippen molar-refractivity contribution in [1.29, 1.82) is 0 Å². The zero-order valence-electron chi connectivity index (χ0n) is 6.54. The number of hydrogen-bond acceptors (Lipinski definition) is 3. The number of aliphatic carboxylic acids is 1. The molecule has 0 rings (SSSR count). The van der Waals surface area contributed by atoms with Crippen LogP contribution in [0.4, 0.5) is 0 Å². The average molecular weight is 193 g/mol. The monoisotopic (exact) mass is 192 g/mol. The first-order valence-electron chi connectivity index (χ1n) is 3.40. The topological polar surface area (TPSA) is 71.4 Å². The lowest BCUT2D eigenvalue weighted by Crippen LogP contribution is -2.30. The van der Waals surface area contributed by atoms with Crippen LogP contribution in [0, 0.1) is 5.92 Å². The van der Waals surface area contributed by atoms with Crippen LogP contribution < -0.4 is 0 Å². The lowest BCUT2D eigenvalue weighted by Gasteiger charge is -2.06. The third-order valence-corrected chi connectivity index (χ3v) is 1.72. The third-order valence-electron chi connectivity index (χ3n) is 1.46. The van der Waals surface area contributed by atoms with Crippen LogP contribution in [0.2, 0.25) is 0 Å². The molecule has 0 aromatic heterocycles. The molecule has 0 bridgehead atoms. The van der Waals surface area contributed by atoms with Gasteiger partial charge in [-0.05, 0) is 6.42 Å². The molecule has 0 amide bonds. The van der Waals surface area contributed by atoms with Crippen LogP contribution in [-0.2, 0) is 14.4 Å². The van der Waals surface area contributed by atoms with Gasteiger partial charge in [0.15, 0.2) is 5.78 Å². The molecule has 0 aliphatic rings. The van der Waals surface area contributed by atoms with E-state index in [2.05, 4.69) is 0 Å². The van der Waals surface area contributed by atoms with E-state index in [1.807, 2.05) is 0 Å². The number of halogens is 1. The van der Waals surface area contributed by atoms with E-state index in [9.17, 15) is 14.4 Å². The largest absolute Gasteiger partial charge is 0.475 e. The molecule has 4 nitrogen and oxygen atoms in total. The van der Waals surface area contributed by atoms with E-state index in [4.69, 9.17) is 16.7 Å². The van der Waals surface area contributed by atoms with Crippen LogP contribution in [0.5, 0.6) is 0 Å². The molecule has 0 aromatic rings. The fourth-order valence-corrected chi connectivity index (χ4v) is 0.988. The molecule has 1 unspecified atom stereocenters. The van der Waals surface area contributed by atoms with Crippen molar-refractivity contribution < 1.29 is 19.5 Å². The predicted molar refractivity (Wildman–Crippen MR) is 42.2 cm³/mol. The molecule has 0 saturated heterocycles. The van der Waals surface area contributed by atoms with Crippen molar-refractivity contribution in [1.82, 2.24) is 0 Å². The van der Waals surface area contributed by atoms with Gasteiger partial charge in [-0.3, -0.25) is 9.59 Å². The molecule has 0 fully saturated rings. The van der Waals surface area contributed by atoms with Gasteiger partial charge in [0.25, 0.3) is 0 Å². The Balaban J connectivity index is 4.45. The predicted octanol–water partition coefficient (Wildman–Crippen LogP) is 0.474. The first-order chi connectivity index (χ1) is 5.54. The molecule has 0 saturated carbocycles. The molecule has 0 aliphatic heterocycles. The molecular formula is C7H9ClO4. The summed E-state index contributed by atoms with van der Waals surface area (Å²) in [5.74, 6) is -4.60. The SMILES string of the molecule is CCC(C(=O)CCl)C(=O)C(=O)O. The highest BCUT2D eigenvalue weighted by atomic mass is 35.5. The van der Waals surface area contributed by atoms with Gasteiger partial charge < -0.3 is 5.11 Å². The Morgan fingerprint density at radius 1 is 1.42 bits per heavy atom. The maximum Gasteiger partial charge on any atom is 0.372 e. The highest BCUT2D eigenvalue weighted by Gasteiger charge is 2.28. The second-order valence-corrected chi connectivity index (χ2v) is 2.50. The number of carbonyl (C=O) groups excluding carboxylic acids is 2. The normalized spacial score (nSPS) is 12.2. The fourth-order valence-electron chi connectivity index (χ4n) is 0.801. The summed E-state index contributed by atoms with van der Waals surface area (Å²) in [6, 6.07) is 0. The minimum Gasteiger partial charge on any atom is -0.475 e. The zero-order valence-corrected chi connectivity index (χ0v) is 7.30. The molecule has 0 spiro atoms. The lowest BCUT2D eigenvalue weighted by atomic mass is 9.97. The number of carboxylic acid groups (broad SMARTS) is 1. The first kappa shape index (κ1) is 11.1. The Bertz CT molecular complexity index is 211. The van der Waals surface area contributed by atoms with Crippen molar-refractivity contribution in [2.45, 2.75) is 13.3 Å². The van der Waals surface area contributed by atoms with Gasteiger partial charge in [0.2, 0.25) is 5.78 Å². The Labute approximate surface area is 74.5 Å². The van der Waals surface area contributed by atoms with Gasteiger partial charge in [0.1, 0.15) is 0 Å². The summed E-state index contributed by atoms with van der Waals surface area (Å²) in [5, 5.41) is 8.28. The van der Waals surface area contributed by atoms with Crippen molar-refractivity contribution in [3.05, 3.63) is 0 Å². The highest BCUT2D eigenvalue weighted by molar-refractivity contribution is 6.40. The van der Waals surface area contributed by atoms with E-state index in [0.29, 0.717) is 0 Å². The minimum absolute atomic E-state index is 0.177. The van der Waals surface area contributed by atoms with Gasteiger partial charge in [0, 0.05) is 0 Å². The van der Waals surface area contributed by atoms with Crippen LogP contribution in [-0.4, -0.2) is 28.5 Å². The van der Waals surface area contributed by atoms with Crippen molar-refractivity contribution in [3.8, 4) is 0 Å². The summed E-state index contributed by atoms with van der Waals surface area (Å²) in [7, 11) is 0. The molecule has 0 aliphatic carbocycles. The average Bonchev–Trinajstić information content (AvgIpc) is 2.05. The fraction of sp³-hybridized carbons (Fsp3) is 0.571. The second kappa shape index (κ2) is 4.87. The van der Waals surface area contributed by atoms with Crippen LogP contribution in [0.25, 0.3) is 0 Å². The number of Topliss-reactive ketones (excluding diaryl/α,β-unsaturated/α-hetero) is 2. The molecule has 1 atom stereocenters. The molecule has 5 heteroatoms. The second-order valence-electron chi connectivity index (χ2n) is 2.23. The third kappa shape index (κ3) is 2.62. The summed E-state index contributed by atoms with van der Waals surface area (Å²) >= 11 is 5.18. The molecular weight excluding hydrogens is 184 g/mol. The molecule has 12 heavy (non-hydrogen) atoms. The smallest absolute Gasteiger partial charge is 0.372 e. The minimum atomic E-state index is -1.58. The van der Waals surface area contributed by atoms with Gasteiger partial charge in [-0.2, -0.15) is 0 Å².